The van der Waals surface area contributed by atoms with Crippen LogP contribution in [0.25, 0.3) is 10.8 Å². The zero-order valence-corrected chi connectivity index (χ0v) is 10.7. The molecule has 13 heavy (non-hydrogen) atoms. The monoisotopic (exact) mass is 346 g/mol. The summed E-state index contributed by atoms with van der Waals surface area (Å²) in [7, 11) is 0. The molecule has 0 aliphatic rings. The van der Waals surface area contributed by atoms with Crippen molar-refractivity contribution in [2.24, 2.45) is 0 Å². The fourth-order valence-corrected chi connectivity index (χ4v) is 2.41. The third kappa shape index (κ3) is 1.89. The van der Waals surface area contributed by atoms with Crippen molar-refractivity contribution in [1.82, 2.24) is 0 Å². The molecule has 0 amide bonds. The molecule has 0 fully saturated rings. The van der Waals surface area contributed by atoms with E-state index in [2.05, 4.69) is 74.9 Å². The first-order valence-corrected chi connectivity index (χ1v) is 6.24. The maximum atomic E-state index is 3.50. The second kappa shape index (κ2) is 3.96. The van der Waals surface area contributed by atoms with Gasteiger partial charge in [-0.1, -0.05) is 40.2 Å². The van der Waals surface area contributed by atoms with E-state index >= 15 is 0 Å². The van der Waals surface area contributed by atoms with Crippen molar-refractivity contribution in [2.75, 3.05) is 0 Å². The molecule has 0 atom stereocenters. The summed E-state index contributed by atoms with van der Waals surface area (Å²) < 4.78 is 1.29. The number of hydrogen-bond donors (Lipinski definition) is 0. The van der Waals surface area contributed by atoms with Crippen LogP contribution in [0.15, 0.2) is 36.4 Å². The van der Waals surface area contributed by atoms with E-state index in [1.54, 1.807) is 0 Å². The average Bonchev–Trinajstić information content (AvgIpc) is 2.17. The van der Waals surface area contributed by atoms with E-state index in [9.17, 15) is 0 Å². The molecule has 0 nitrogen and oxygen atoms in total. The van der Waals surface area contributed by atoms with Crippen molar-refractivity contribution in [2.45, 2.75) is 5.33 Å². The van der Waals surface area contributed by atoms with Crippen LogP contribution in [0.5, 0.6) is 0 Å². The van der Waals surface area contributed by atoms with Gasteiger partial charge in [-0.2, -0.15) is 0 Å². The quantitative estimate of drug-likeness (QED) is 0.532. The average molecular weight is 347 g/mol. The smallest absolute Gasteiger partial charge is 0.0289 e. The minimum absolute atomic E-state index is 0.921. The molecule has 0 aliphatic carbocycles. The first kappa shape index (κ1) is 9.46. The fourth-order valence-electron chi connectivity index (χ4n) is 1.43. The van der Waals surface area contributed by atoms with Crippen LogP contribution in [0.4, 0.5) is 0 Å². The van der Waals surface area contributed by atoms with Crippen LogP contribution in [0.2, 0.25) is 0 Å². The molecular weight excluding hydrogens is 339 g/mol. The van der Waals surface area contributed by atoms with E-state index in [1.165, 1.54) is 19.9 Å². The Labute approximate surface area is 99.6 Å². The van der Waals surface area contributed by atoms with Gasteiger partial charge in [0.2, 0.25) is 0 Å². The molecule has 66 valence electrons. The van der Waals surface area contributed by atoms with Crippen LogP contribution in [0, 0.1) is 3.57 Å². The predicted molar refractivity (Wildman–Crippen MR) is 69.3 cm³/mol. The third-order valence-corrected chi connectivity index (χ3v) is 3.35. The van der Waals surface area contributed by atoms with Crippen LogP contribution < -0.4 is 0 Å². The van der Waals surface area contributed by atoms with E-state index < -0.39 is 0 Å². The molecule has 2 aromatic rings. The molecule has 0 spiro atoms. The first-order valence-electron chi connectivity index (χ1n) is 4.04. The number of fused-ring (bicyclic) bond motifs is 1. The number of benzene rings is 2. The SMILES string of the molecule is BrCc1cccc2ccc(I)cc12. The summed E-state index contributed by atoms with van der Waals surface area (Å²) in [5, 5.41) is 3.59. The minimum atomic E-state index is 0.921. The van der Waals surface area contributed by atoms with Crippen LogP contribution in [-0.4, -0.2) is 0 Å². The summed E-state index contributed by atoms with van der Waals surface area (Å²) in [5.41, 5.74) is 1.36. The van der Waals surface area contributed by atoms with Crippen molar-refractivity contribution < 1.29 is 0 Å². The van der Waals surface area contributed by atoms with Gasteiger partial charge in [0, 0.05) is 8.90 Å². The number of hydrogen-bond acceptors (Lipinski definition) is 0. The van der Waals surface area contributed by atoms with E-state index in [4.69, 9.17) is 0 Å². The van der Waals surface area contributed by atoms with Crippen molar-refractivity contribution >= 4 is 49.3 Å². The van der Waals surface area contributed by atoms with Crippen molar-refractivity contribution in [3.63, 3.8) is 0 Å². The van der Waals surface area contributed by atoms with Crippen LogP contribution in [0.1, 0.15) is 5.56 Å². The molecule has 0 aliphatic heterocycles. The van der Waals surface area contributed by atoms with E-state index in [1.807, 2.05) is 0 Å². The first-order chi connectivity index (χ1) is 6.31. The maximum absolute atomic E-state index is 3.50. The Kier molecular flexibility index (Phi) is 2.89. The van der Waals surface area contributed by atoms with Crippen LogP contribution >= 0.6 is 38.5 Å². The number of rotatable bonds is 1. The Morgan fingerprint density at radius 3 is 2.77 bits per heavy atom. The van der Waals surface area contributed by atoms with E-state index in [0.29, 0.717) is 0 Å². The second-order valence-corrected chi connectivity index (χ2v) is 4.72. The molecule has 0 radical (unpaired) electrons. The highest BCUT2D eigenvalue weighted by Crippen LogP contribution is 2.22. The normalized spacial score (nSPS) is 10.6. The van der Waals surface area contributed by atoms with Gasteiger partial charge < -0.3 is 0 Å². The highest BCUT2D eigenvalue weighted by Gasteiger charge is 1.99. The van der Waals surface area contributed by atoms with Gasteiger partial charge in [0.05, 0.1) is 0 Å². The highest BCUT2D eigenvalue weighted by atomic mass is 127. The van der Waals surface area contributed by atoms with E-state index in [-0.39, 0.29) is 0 Å². The maximum Gasteiger partial charge on any atom is 0.0289 e. The fraction of sp³-hybridized carbons (Fsp3) is 0.0909. The number of halogens is 2. The molecule has 0 bridgehead atoms. The standard InChI is InChI=1S/C11H8BrI/c12-7-9-3-1-2-8-4-5-10(13)6-11(8)9/h1-6H,7H2. The molecule has 0 saturated heterocycles. The lowest BCUT2D eigenvalue weighted by molar-refractivity contribution is 1.49. The summed E-state index contributed by atoms with van der Waals surface area (Å²) >= 11 is 5.85. The van der Waals surface area contributed by atoms with Crippen molar-refractivity contribution in [3.8, 4) is 0 Å². The number of alkyl halides is 1. The molecular formula is C11H8BrI. The molecule has 2 heteroatoms. The van der Waals surface area contributed by atoms with Crippen LogP contribution in [0.3, 0.4) is 0 Å². The van der Waals surface area contributed by atoms with Gasteiger partial charge in [-0.15, -0.1) is 0 Å². The lowest BCUT2D eigenvalue weighted by Crippen LogP contribution is -1.82. The Morgan fingerprint density at radius 1 is 1.15 bits per heavy atom. The molecule has 0 aromatic heterocycles. The minimum Gasteiger partial charge on any atom is -0.0876 e. The summed E-state index contributed by atoms with van der Waals surface area (Å²) in [6.07, 6.45) is 0. The lowest BCUT2D eigenvalue weighted by atomic mass is 10.1. The zero-order chi connectivity index (χ0) is 9.26. The molecule has 0 heterocycles. The Morgan fingerprint density at radius 2 is 2.00 bits per heavy atom. The second-order valence-electron chi connectivity index (χ2n) is 2.92. The summed E-state index contributed by atoms with van der Waals surface area (Å²) in [6.45, 7) is 0. The van der Waals surface area contributed by atoms with Gasteiger partial charge in [0.1, 0.15) is 0 Å². The summed E-state index contributed by atoms with van der Waals surface area (Å²) in [4.78, 5) is 0. The lowest BCUT2D eigenvalue weighted by Gasteiger charge is -2.03. The van der Waals surface area contributed by atoms with Gasteiger partial charge >= 0.3 is 0 Å². The molecule has 2 aromatic carbocycles. The van der Waals surface area contributed by atoms with Crippen LogP contribution in [-0.2, 0) is 5.33 Å². The largest absolute Gasteiger partial charge is 0.0876 e. The van der Waals surface area contributed by atoms with Crippen molar-refractivity contribution in [3.05, 3.63) is 45.5 Å². The van der Waals surface area contributed by atoms with Gasteiger partial charge in [0.15, 0.2) is 0 Å². The molecule has 0 saturated carbocycles. The predicted octanol–water partition coefficient (Wildman–Crippen LogP) is 4.34. The summed E-state index contributed by atoms with van der Waals surface area (Å²) in [6, 6.07) is 13.0. The summed E-state index contributed by atoms with van der Waals surface area (Å²) in [5.74, 6) is 0. The molecule has 0 N–H and O–H groups in total. The van der Waals surface area contributed by atoms with Gasteiger partial charge in [-0.05, 0) is 51.1 Å². The topological polar surface area (TPSA) is 0 Å². The van der Waals surface area contributed by atoms with Crippen molar-refractivity contribution in [1.29, 1.82) is 0 Å². The Balaban J connectivity index is 2.79. The van der Waals surface area contributed by atoms with Gasteiger partial charge in [-0.25, -0.2) is 0 Å². The Hall–Kier alpha value is -0.0900. The Bertz CT molecular complexity index is 437. The molecule has 2 rings (SSSR count). The third-order valence-electron chi connectivity index (χ3n) is 2.08. The molecule has 0 unspecified atom stereocenters. The zero-order valence-electron chi connectivity index (χ0n) is 6.93. The highest BCUT2D eigenvalue weighted by molar-refractivity contribution is 14.1. The van der Waals surface area contributed by atoms with Gasteiger partial charge in [-0.3, -0.25) is 0 Å². The van der Waals surface area contributed by atoms with E-state index in [0.717, 1.165) is 5.33 Å². The van der Waals surface area contributed by atoms with Gasteiger partial charge in [0.25, 0.3) is 0 Å².